The normalized spacial score (nSPS) is 14.7. The Kier molecular flexibility index (Phi) is 3.83. The number of nitrogens with two attached hydrogens (primary N) is 1. The van der Waals surface area contributed by atoms with E-state index in [0.717, 1.165) is 37.4 Å². The molecule has 21 heavy (non-hydrogen) atoms. The van der Waals surface area contributed by atoms with Crippen molar-refractivity contribution in [2.24, 2.45) is 5.73 Å². The summed E-state index contributed by atoms with van der Waals surface area (Å²) in [4.78, 5) is 13.0. The van der Waals surface area contributed by atoms with E-state index in [0.29, 0.717) is 5.75 Å². The molecule has 0 aliphatic carbocycles. The van der Waals surface area contributed by atoms with Gasteiger partial charge >= 0.3 is 0 Å². The molecule has 1 aliphatic rings. The number of carbonyl (C=O) groups is 1. The summed E-state index contributed by atoms with van der Waals surface area (Å²) in [5.41, 5.74) is 8.33. The Balaban J connectivity index is 1.57. The first-order valence-electron chi connectivity index (χ1n) is 6.81. The maximum atomic E-state index is 10.7. The molecule has 0 bridgehead atoms. The van der Waals surface area contributed by atoms with Crippen LogP contribution in [0.1, 0.15) is 17.0 Å². The molecule has 1 aromatic carbocycles. The molecule has 0 unspecified atom stereocenters. The Morgan fingerprint density at radius 1 is 1.29 bits per heavy atom. The fraction of sp³-hybridized carbons (Fsp3) is 0.357. The van der Waals surface area contributed by atoms with Crippen molar-refractivity contribution in [3.63, 3.8) is 0 Å². The van der Waals surface area contributed by atoms with Crippen LogP contribution in [0.5, 0.6) is 5.75 Å². The zero-order chi connectivity index (χ0) is 14.7. The number of nitrogens with zero attached hydrogens (tertiary/aromatic N) is 3. The van der Waals surface area contributed by atoms with E-state index in [4.69, 9.17) is 10.5 Å². The SMILES string of the molecule is NC(=O)COc1ccc(CN2CCc3n[nH]nc3C2)cc1. The number of nitrogens with one attached hydrogen (secondary N) is 1. The van der Waals surface area contributed by atoms with E-state index in [1.165, 1.54) is 5.56 Å². The second-order valence-electron chi connectivity index (χ2n) is 5.08. The van der Waals surface area contributed by atoms with Gasteiger partial charge in [0.15, 0.2) is 6.61 Å². The summed E-state index contributed by atoms with van der Waals surface area (Å²) in [6, 6.07) is 7.69. The van der Waals surface area contributed by atoms with Crippen molar-refractivity contribution in [1.29, 1.82) is 0 Å². The van der Waals surface area contributed by atoms with Crippen molar-refractivity contribution in [3.8, 4) is 5.75 Å². The standard InChI is InChI=1S/C14H17N5O2/c15-14(20)9-21-11-3-1-10(2-4-11)7-19-6-5-12-13(8-19)17-18-16-12/h1-4H,5-9H2,(H2,15,20)(H,16,17,18). The van der Waals surface area contributed by atoms with Crippen molar-refractivity contribution in [1.82, 2.24) is 20.3 Å². The van der Waals surface area contributed by atoms with Gasteiger partial charge in [0, 0.05) is 26.1 Å². The molecule has 2 heterocycles. The second-order valence-corrected chi connectivity index (χ2v) is 5.08. The van der Waals surface area contributed by atoms with Crippen molar-refractivity contribution in [2.45, 2.75) is 19.5 Å². The predicted molar refractivity (Wildman–Crippen MR) is 75.3 cm³/mol. The monoisotopic (exact) mass is 287 g/mol. The maximum absolute atomic E-state index is 10.7. The zero-order valence-electron chi connectivity index (χ0n) is 11.6. The first-order chi connectivity index (χ1) is 10.2. The number of aromatic amines is 1. The fourth-order valence-electron chi connectivity index (χ4n) is 2.40. The van der Waals surface area contributed by atoms with Gasteiger partial charge in [-0.3, -0.25) is 9.69 Å². The lowest BCUT2D eigenvalue weighted by molar-refractivity contribution is -0.119. The number of H-pyrrole nitrogens is 1. The van der Waals surface area contributed by atoms with E-state index in [2.05, 4.69) is 20.3 Å². The highest BCUT2D eigenvalue weighted by atomic mass is 16.5. The third-order valence-electron chi connectivity index (χ3n) is 3.45. The summed E-state index contributed by atoms with van der Waals surface area (Å²) < 4.78 is 5.24. The van der Waals surface area contributed by atoms with Crippen LogP contribution in [0.25, 0.3) is 0 Å². The zero-order valence-corrected chi connectivity index (χ0v) is 11.6. The van der Waals surface area contributed by atoms with Gasteiger partial charge in [0.2, 0.25) is 0 Å². The molecule has 0 saturated carbocycles. The summed E-state index contributed by atoms with van der Waals surface area (Å²) in [5, 5.41) is 11.0. The van der Waals surface area contributed by atoms with Crippen molar-refractivity contribution >= 4 is 5.91 Å². The van der Waals surface area contributed by atoms with Crippen molar-refractivity contribution in [3.05, 3.63) is 41.2 Å². The number of amides is 1. The molecule has 1 aliphatic heterocycles. The third kappa shape index (κ3) is 3.38. The van der Waals surface area contributed by atoms with Gasteiger partial charge in [-0.15, -0.1) is 0 Å². The summed E-state index contributed by atoms with van der Waals surface area (Å²) in [7, 11) is 0. The number of hydrogen-bond donors (Lipinski definition) is 2. The lowest BCUT2D eigenvalue weighted by Gasteiger charge is -2.25. The average Bonchev–Trinajstić information content (AvgIpc) is 2.94. The Labute approximate surface area is 122 Å². The third-order valence-corrected chi connectivity index (χ3v) is 3.45. The molecule has 3 rings (SSSR count). The molecule has 0 saturated heterocycles. The lowest BCUT2D eigenvalue weighted by Crippen LogP contribution is -2.30. The number of primary amides is 1. The lowest BCUT2D eigenvalue weighted by atomic mass is 10.1. The molecule has 1 aromatic heterocycles. The summed E-state index contributed by atoms with van der Waals surface area (Å²) >= 11 is 0. The van der Waals surface area contributed by atoms with E-state index in [1.807, 2.05) is 24.3 Å². The van der Waals surface area contributed by atoms with Crippen LogP contribution >= 0.6 is 0 Å². The van der Waals surface area contributed by atoms with Crippen LogP contribution < -0.4 is 10.5 Å². The van der Waals surface area contributed by atoms with Crippen LogP contribution in [-0.2, 0) is 24.3 Å². The first-order valence-corrected chi connectivity index (χ1v) is 6.81. The van der Waals surface area contributed by atoms with Gasteiger partial charge in [-0.1, -0.05) is 12.1 Å². The van der Waals surface area contributed by atoms with E-state index in [1.54, 1.807) is 0 Å². The molecule has 110 valence electrons. The number of fused-ring (bicyclic) bond motifs is 1. The molecule has 0 radical (unpaired) electrons. The number of ether oxygens (including phenoxy) is 1. The summed E-state index contributed by atoms with van der Waals surface area (Å²) in [6.07, 6.45) is 0.922. The Hall–Kier alpha value is -2.41. The fourth-order valence-corrected chi connectivity index (χ4v) is 2.40. The Morgan fingerprint density at radius 2 is 2.05 bits per heavy atom. The molecule has 2 aromatic rings. The van der Waals surface area contributed by atoms with E-state index in [-0.39, 0.29) is 6.61 Å². The second kappa shape index (κ2) is 5.92. The highest BCUT2D eigenvalue weighted by Crippen LogP contribution is 2.18. The smallest absolute Gasteiger partial charge is 0.255 e. The van der Waals surface area contributed by atoms with Gasteiger partial charge in [0.1, 0.15) is 5.75 Å². The molecular weight excluding hydrogens is 270 g/mol. The molecule has 0 spiro atoms. The van der Waals surface area contributed by atoms with Gasteiger partial charge in [-0.05, 0) is 17.7 Å². The van der Waals surface area contributed by atoms with Gasteiger partial charge < -0.3 is 10.5 Å². The molecule has 7 heteroatoms. The molecule has 0 fully saturated rings. The van der Waals surface area contributed by atoms with Gasteiger partial charge in [0.05, 0.1) is 11.4 Å². The molecule has 3 N–H and O–H groups in total. The predicted octanol–water partition coefficient (Wildman–Crippen LogP) is 0.227. The Morgan fingerprint density at radius 3 is 2.81 bits per heavy atom. The minimum absolute atomic E-state index is 0.0968. The highest BCUT2D eigenvalue weighted by molar-refractivity contribution is 5.75. The van der Waals surface area contributed by atoms with Crippen LogP contribution in [0.2, 0.25) is 0 Å². The topological polar surface area (TPSA) is 97.1 Å². The number of carbonyl (C=O) groups excluding carboxylic acids is 1. The van der Waals surface area contributed by atoms with Crippen LogP contribution in [0, 0.1) is 0 Å². The first kappa shape index (κ1) is 13.6. The minimum atomic E-state index is -0.476. The Bertz CT molecular complexity index is 623. The average molecular weight is 287 g/mol. The van der Waals surface area contributed by atoms with Crippen molar-refractivity contribution < 1.29 is 9.53 Å². The van der Waals surface area contributed by atoms with E-state index in [9.17, 15) is 4.79 Å². The largest absolute Gasteiger partial charge is 0.484 e. The van der Waals surface area contributed by atoms with Crippen LogP contribution in [0.15, 0.2) is 24.3 Å². The summed E-state index contributed by atoms with van der Waals surface area (Å²) in [5.74, 6) is 0.172. The van der Waals surface area contributed by atoms with E-state index >= 15 is 0 Å². The highest BCUT2D eigenvalue weighted by Gasteiger charge is 2.19. The van der Waals surface area contributed by atoms with Gasteiger partial charge in [-0.2, -0.15) is 15.4 Å². The van der Waals surface area contributed by atoms with Crippen LogP contribution in [0.3, 0.4) is 0 Å². The number of hydrogen-bond acceptors (Lipinski definition) is 5. The summed E-state index contributed by atoms with van der Waals surface area (Å²) in [6.45, 7) is 2.54. The van der Waals surface area contributed by atoms with Crippen molar-refractivity contribution in [2.75, 3.05) is 13.2 Å². The van der Waals surface area contributed by atoms with Gasteiger partial charge in [-0.25, -0.2) is 0 Å². The van der Waals surface area contributed by atoms with Gasteiger partial charge in [0.25, 0.3) is 5.91 Å². The molecule has 0 atom stereocenters. The minimum Gasteiger partial charge on any atom is -0.484 e. The molecular formula is C14H17N5O2. The van der Waals surface area contributed by atoms with E-state index < -0.39 is 5.91 Å². The quantitative estimate of drug-likeness (QED) is 0.820. The number of aromatic nitrogens is 3. The van der Waals surface area contributed by atoms with Crippen LogP contribution in [0.4, 0.5) is 0 Å². The molecule has 7 nitrogen and oxygen atoms in total. The number of rotatable bonds is 5. The van der Waals surface area contributed by atoms with Crippen LogP contribution in [-0.4, -0.2) is 39.4 Å². The maximum Gasteiger partial charge on any atom is 0.255 e. The molecule has 1 amide bonds. The number of benzene rings is 1.